The molecule has 9 heteroatoms. The van der Waals surface area contributed by atoms with E-state index in [9.17, 15) is 14.7 Å². The van der Waals surface area contributed by atoms with Gasteiger partial charge in [-0.1, -0.05) is 53.7 Å². The third kappa shape index (κ3) is 5.31. The second-order valence-electron chi connectivity index (χ2n) is 12.0. The standard InChI is InChI=1S/C26H37NO5SSi2/c1-25(2,3)34(7,8)31-17-15-20(28)22(21(16-17)32-35(9,10)26(4,5)6)33-27-23(29)18-13-11-12-14-19(18)24(27)30/h11-16,28H,1-10H3. The van der Waals surface area contributed by atoms with Crippen LogP contribution in [0.5, 0.6) is 17.2 Å². The van der Waals surface area contributed by atoms with E-state index < -0.39 is 28.4 Å². The number of fused-ring (bicyclic) bond motifs is 1. The number of imide groups is 1. The minimum absolute atomic E-state index is 0.0311. The maximum absolute atomic E-state index is 13.0. The van der Waals surface area contributed by atoms with Gasteiger partial charge in [0.05, 0.1) is 11.1 Å². The molecule has 0 atom stereocenters. The summed E-state index contributed by atoms with van der Waals surface area (Å²) in [6, 6.07) is 10.1. The Morgan fingerprint density at radius 2 is 1.26 bits per heavy atom. The Morgan fingerprint density at radius 1 is 0.800 bits per heavy atom. The van der Waals surface area contributed by atoms with E-state index in [0.29, 0.717) is 27.5 Å². The predicted octanol–water partition coefficient (Wildman–Crippen LogP) is 7.46. The van der Waals surface area contributed by atoms with Crippen molar-refractivity contribution < 1.29 is 23.5 Å². The number of hydrogen-bond donors (Lipinski definition) is 1. The third-order valence-corrected chi connectivity index (χ3v) is 17.1. The van der Waals surface area contributed by atoms with E-state index in [1.54, 1.807) is 36.4 Å². The zero-order valence-electron chi connectivity index (χ0n) is 22.4. The summed E-state index contributed by atoms with van der Waals surface area (Å²) in [7, 11) is -4.51. The molecule has 0 unspecified atom stereocenters. The summed E-state index contributed by atoms with van der Waals surface area (Å²) in [5.74, 6) is 0.0441. The molecule has 1 aliphatic rings. The number of hydrogen-bond acceptors (Lipinski definition) is 6. The lowest BCUT2D eigenvalue weighted by molar-refractivity contribution is 0.0777. The van der Waals surface area contributed by atoms with Crippen molar-refractivity contribution in [3.05, 3.63) is 47.5 Å². The molecule has 0 aliphatic carbocycles. The van der Waals surface area contributed by atoms with Crippen molar-refractivity contribution in [2.75, 3.05) is 0 Å². The number of phenols is 1. The average molecular weight is 532 g/mol. The van der Waals surface area contributed by atoms with Gasteiger partial charge in [-0.2, -0.15) is 0 Å². The van der Waals surface area contributed by atoms with Crippen LogP contribution in [-0.4, -0.2) is 37.9 Å². The first kappa shape index (κ1) is 27.4. The number of carbonyl (C=O) groups excluding carboxylic acids is 2. The van der Waals surface area contributed by atoms with Gasteiger partial charge in [-0.25, -0.2) is 4.31 Å². The molecule has 0 radical (unpaired) electrons. The van der Waals surface area contributed by atoms with E-state index in [4.69, 9.17) is 8.85 Å². The first-order chi connectivity index (χ1) is 15.9. The van der Waals surface area contributed by atoms with Gasteiger partial charge in [-0.15, -0.1) is 0 Å². The Labute approximate surface area is 215 Å². The highest BCUT2D eigenvalue weighted by atomic mass is 32.2. The maximum Gasteiger partial charge on any atom is 0.272 e. The molecule has 0 bridgehead atoms. The fraction of sp³-hybridized carbons (Fsp3) is 0.462. The second kappa shape index (κ2) is 9.01. The van der Waals surface area contributed by atoms with E-state index in [1.165, 1.54) is 0 Å². The van der Waals surface area contributed by atoms with Gasteiger partial charge in [0.2, 0.25) is 8.32 Å². The molecule has 190 valence electrons. The summed E-state index contributed by atoms with van der Waals surface area (Å²) in [6.07, 6.45) is 0. The Morgan fingerprint density at radius 3 is 1.71 bits per heavy atom. The van der Waals surface area contributed by atoms with Crippen LogP contribution < -0.4 is 8.85 Å². The lowest BCUT2D eigenvalue weighted by Crippen LogP contribution is -2.44. The van der Waals surface area contributed by atoms with Gasteiger partial charge >= 0.3 is 0 Å². The minimum atomic E-state index is -2.33. The monoisotopic (exact) mass is 531 g/mol. The second-order valence-corrected chi connectivity index (χ2v) is 22.4. The first-order valence-electron chi connectivity index (χ1n) is 11.8. The lowest BCUT2D eigenvalue weighted by Gasteiger charge is -2.38. The molecule has 6 nitrogen and oxygen atoms in total. The predicted molar refractivity (Wildman–Crippen MR) is 147 cm³/mol. The van der Waals surface area contributed by atoms with Crippen LogP contribution in [0.3, 0.4) is 0 Å². The Bertz CT molecular complexity index is 1130. The van der Waals surface area contributed by atoms with E-state index in [0.717, 1.165) is 16.3 Å². The smallest absolute Gasteiger partial charge is 0.272 e. The van der Waals surface area contributed by atoms with Gasteiger partial charge in [0.25, 0.3) is 20.1 Å². The fourth-order valence-corrected chi connectivity index (χ4v) is 6.00. The molecule has 2 amide bonds. The van der Waals surface area contributed by atoms with Crippen molar-refractivity contribution in [3.63, 3.8) is 0 Å². The van der Waals surface area contributed by atoms with E-state index in [-0.39, 0.29) is 15.8 Å². The van der Waals surface area contributed by atoms with Crippen LogP contribution in [0.4, 0.5) is 0 Å². The molecule has 0 fully saturated rings. The maximum atomic E-state index is 13.0. The van der Waals surface area contributed by atoms with Crippen LogP contribution in [0.2, 0.25) is 36.3 Å². The molecule has 1 aliphatic heterocycles. The molecule has 1 N–H and O–H groups in total. The minimum Gasteiger partial charge on any atom is -0.543 e. The molecule has 1 heterocycles. The van der Waals surface area contributed by atoms with E-state index >= 15 is 0 Å². The summed E-state index contributed by atoms with van der Waals surface area (Å²) < 4.78 is 14.2. The van der Waals surface area contributed by atoms with Crippen molar-refractivity contribution in [2.45, 2.75) is 82.7 Å². The summed E-state index contributed by atoms with van der Waals surface area (Å²) in [6.45, 7) is 21.4. The SMILES string of the molecule is CC(C)(C)[Si](C)(C)Oc1cc(O)c(SN2C(=O)c3ccccc3C2=O)c(O[Si](C)(C)C(C)(C)C)c1. The van der Waals surface area contributed by atoms with Crippen LogP contribution in [0, 0.1) is 0 Å². The van der Waals surface area contributed by atoms with Crippen LogP contribution in [0.15, 0.2) is 41.3 Å². The molecule has 0 saturated heterocycles. The van der Waals surface area contributed by atoms with Crippen molar-refractivity contribution in [3.8, 4) is 17.2 Å². The number of nitrogens with zero attached hydrogens (tertiary/aromatic N) is 1. The average Bonchev–Trinajstić information content (AvgIpc) is 2.93. The van der Waals surface area contributed by atoms with Crippen LogP contribution in [0.1, 0.15) is 62.3 Å². The summed E-state index contributed by atoms with van der Waals surface area (Å²) >= 11 is 0.898. The van der Waals surface area contributed by atoms with Crippen molar-refractivity contribution in [2.24, 2.45) is 0 Å². The van der Waals surface area contributed by atoms with Gasteiger partial charge in [-0.3, -0.25) is 9.59 Å². The zero-order valence-corrected chi connectivity index (χ0v) is 25.2. The number of carbonyl (C=O) groups is 2. The van der Waals surface area contributed by atoms with E-state index in [1.807, 2.05) is 0 Å². The Kier molecular flexibility index (Phi) is 7.04. The Hall–Kier alpha value is -2.24. The zero-order chi connectivity index (χ0) is 26.6. The first-order valence-corrected chi connectivity index (χ1v) is 18.4. The van der Waals surface area contributed by atoms with Gasteiger partial charge < -0.3 is 14.0 Å². The fourth-order valence-electron chi connectivity index (χ4n) is 3.01. The van der Waals surface area contributed by atoms with Gasteiger partial charge in [-0.05, 0) is 48.4 Å². The number of rotatable bonds is 6. The Balaban J connectivity index is 2.07. The molecule has 0 saturated carbocycles. The summed E-state index contributed by atoms with van der Waals surface area (Å²) in [5, 5.41) is 11.0. The molecular formula is C26H37NO5SSi2. The molecule has 3 rings (SSSR count). The largest absolute Gasteiger partial charge is 0.543 e. The number of amides is 2. The highest BCUT2D eigenvalue weighted by molar-refractivity contribution is 7.98. The number of benzene rings is 2. The topological polar surface area (TPSA) is 76.1 Å². The lowest BCUT2D eigenvalue weighted by atomic mass is 10.1. The van der Waals surface area contributed by atoms with Crippen molar-refractivity contribution >= 4 is 40.4 Å². The summed E-state index contributed by atoms with van der Waals surface area (Å²) in [5.41, 5.74) is 0.712. The molecular weight excluding hydrogens is 495 g/mol. The third-order valence-electron chi connectivity index (χ3n) is 7.30. The molecule has 2 aromatic rings. The van der Waals surface area contributed by atoms with Crippen molar-refractivity contribution in [1.29, 1.82) is 0 Å². The van der Waals surface area contributed by atoms with Gasteiger partial charge in [0.1, 0.15) is 22.1 Å². The van der Waals surface area contributed by atoms with Crippen molar-refractivity contribution in [1.82, 2.24) is 4.31 Å². The molecule has 0 spiro atoms. The highest BCUT2D eigenvalue weighted by Gasteiger charge is 2.43. The van der Waals surface area contributed by atoms with Crippen LogP contribution in [-0.2, 0) is 0 Å². The van der Waals surface area contributed by atoms with Gasteiger partial charge in [0, 0.05) is 24.1 Å². The van der Waals surface area contributed by atoms with Crippen LogP contribution in [0.25, 0.3) is 0 Å². The highest BCUT2D eigenvalue weighted by Crippen LogP contribution is 2.48. The number of phenolic OH excluding ortho intramolecular Hbond substituents is 1. The molecule has 35 heavy (non-hydrogen) atoms. The van der Waals surface area contributed by atoms with Gasteiger partial charge in [0.15, 0.2) is 0 Å². The molecule has 2 aromatic carbocycles. The number of aromatic hydroxyl groups is 1. The quantitative estimate of drug-likeness (QED) is 0.237. The van der Waals surface area contributed by atoms with E-state index in [2.05, 4.69) is 67.7 Å². The normalized spacial score (nSPS) is 14.9. The van der Waals surface area contributed by atoms with Crippen LogP contribution >= 0.6 is 11.9 Å². The summed E-state index contributed by atoms with van der Waals surface area (Å²) in [4.78, 5) is 26.3. The molecule has 0 aromatic heterocycles.